The van der Waals surface area contributed by atoms with Crippen molar-refractivity contribution in [3.8, 4) is 45.5 Å². The van der Waals surface area contributed by atoms with Gasteiger partial charge in [0.05, 0.1) is 22.1 Å². The summed E-state index contributed by atoms with van der Waals surface area (Å²) in [5, 5.41) is 6.73. The van der Waals surface area contributed by atoms with Gasteiger partial charge in [-0.05, 0) is 65.7 Å². The van der Waals surface area contributed by atoms with Crippen LogP contribution in [0.5, 0.6) is 0 Å². The van der Waals surface area contributed by atoms with Gasteiger partial charge in [0.15, 0.2) is 11.6 Å². The van der Waals surface area contributed by atoms with Crippen LogP contribution in [0.3, 0.4) is 0 Å². The third-order valence-corrected chi connectivity index (χ3v) is 11.2. The molecule has 8 aromatic carbocycles. The molecule has 0 aliphatic heterocycles. The maximum Gasteiger partial charge on any atom is 0.238 e. The normalized spacial score (nSPS) is 11.9. The molecule has 0 amide bonds. The van der Waals surface area contributed by atoms with Crippen LogP contribution in [0.15, 0.2) is 192 Å². The molecule has 4 aromatic heterocycles. The third-order valence-electron chi connectivity index (χ3n) is 11.2. The Balaban J connectivity index is 1.16. The van der Waals surface area contributed by atoms with Gasteiger partial charge >= 0.3 is 0 Å². The number of hydrogen-bond donors (Lipinski definition) is 0. The summed E-state index contributed by atoms with van der Waals surface area (Å²) in [5.41, 5.74) is 11.3. The summed E-state index contributed by atoms with van der Waals surface area (Å²) >= 11 is 0. The molecule has 0 saturated carbocycles. The van der Waals surface area contributed by atoms with Crippen LogP contribution in [-0.4, -0.2) is 24.1 Å². The van der Waals surface area contributed by atoms with Crippen molar-refractivity contribution in [1.82, 2.24) is 24.1 Å². The average Bonchev–Trinajstić information content (AvgIpc) is 3.94. The summed E-state index contributed by atoms with van der Waals surface area (Å²) in [7, 11) is 0. The van der Waals surface area contributed by atoms with E-state index in [1.807, 2.05) is 60.7 Å². The zero-order chi connectivity index (χ0) is 37.5. The fourth-order valence-corrected chi connectivity index (χ4v) is 8.62. The first kappa shape index (κ1) is 31.5. The standard InChI is InChI=1S/C51H31N5O/c1-3-14-32(15-4-1)34-18-13-19-36(30-34)55-42-23-10-7-20-37(42)39-27-28-44-47(48(39)55)40-22-8-11-24-43(40)56(44)51-53-49(33-16-5-2-6-17-33)52-50(54-51)35-26-29-46-41(31-35)38-21-9-12-25-45(38)57-46/h1-31H. The van der Waals surface area contributed by atoms with Crippen LogP contribution < -0.4 is 0 Å². The highest BCUT2D eigenvalue weighted by Gasteiger charge is 2.23. The molecule has 0 saturated heterocycles. The predicted octanol–water partition coefficient (Wildman–Crippen LogP) is 13.0. The van der Waals surface area contributed by atoms with Gasteiger partial charge in [-0.15, -0.1) is 0 Å². The Hall–Kier alpha value is -7.83. The van der Waals surface area contributed by atoms with Crippen LogP contribution in [0.25, 0.3) is 111 Å². The Morgan fingerprint density at radius 3 is 1.79 bits per heavy atom. The van der Waals surface area contributed by atoms with Crippen molar-refractivity contribution in [3.63, 3.8) is 0 Å². The lowest BCUT2D eigenvalue weighted by atomic mass is 10.0. The number of furan rings is 1. The first-order chi connectivity index (χ1) is 28.3. The van der Waals surface area contributed by atoms with E-state index in [-0.39, 0.29) is 0 Å². The van der Waals surface area contributed by atoms with Gasteiger partial charge in [-0.1, -0.05) is 133 Å². The largest absolute Gasteiger partial charge is 0.456 e. The maximum atomic E-state index is 6.18. The minimum absolute atomic E-state index is 0.551. The van der Waals surface area contributed by atoms with Crippen molar-refractivity contribution in [1.29, 1.82) is 0 Å². The maximum absolute atomic E-state index is 6.18. The van der Waals surface area contributed by atoms with E-state index in [2.05, 4.69) is 137 Å². The second kappa shape index (κ2) is 12.3. The second-order valence-corrected chi connectivity index (χ2v) is 14.4. The molecule has 266 valence electrons. The number of para-hydroxylation sites is 3. The fourth-order valence-electron chi connectivity index (χ4n) is 8.62. The quantitative estimate of drug-likeness (QED) is 0.177. The average molecular weight is 730 g/mol. The molecule has 12 rings (SSSR count). The lowest BCUT2D eigenvalue weighted by Gasteiger charge is -2.12. The molecule has 0 fully saturated rings. The Kier molecular flexibility index (Phi) is 6.83. The summed E-state index contributed by atoms with van der Waals surface area (Å²) in [4.78, 5) is 15.6. The highest BCUT2D eigenvalue weighted by atomic mass is 16.3. The highest BCUT2D eigenvalue weighted by molar-refractivity contribution is 6.26. The van der Waals surface area contributed by atoms with E-state index in [1.54, 1.807) is 0 Å². The summed E-state index contributed by atoms with van der Waals surface area (Å²) < 4.78 is 10.8. The number of hydrogen-bond acceptors (Lipinski definition) is 4. The van der Waals surface area contributed by atoms with Crippen LogP contribution in [0.4, 0.5) is 0 Å². The molecule has 0 N–H and O–H groups in total. The number of benzene rings is 8. The van der Waals surface area contributed by atoms with Crippen LogP contribution in [0.1, 0.15) is 0 Å². The van der Waals surface area contributed by atoms with Crippen LogP contribution in [0.2, 0.25) is 0 Å². The Morgan fingerprint density at radius 2 is 0.982 bits per heavy atom. The number of fused-ring (bicyclic) bond motifs is 10. The first-order valence-corrected chi connectivity index (χ1v) is 19.1. The fraction of sp³-hybridized carbons (Fsp3) is 0. The van der Waals surface area contributed by atoms with Gasteiger partial charge in [0.2, 0.25) is 5.95 Å². The van der Waals surface area contributed by atoms with Gasteiger partial charge in [0, 0.05) is 49.1 Å². The molecular weight excluding hydrogens is 699 g/mol. The molecule has 12 aromatic rings. The Bertz CT molecular complexity index is 3520. The molecule has 0 atom stereocenters. The van der Waals surface area contributed by atoms with Crippen LogP contribution in [-0.2, 0) is 0 Å². The molecule has 57 heavy (non-hydrogen) atoms. The van der Waals surface area contributed by atoms with Gasteiger partial charge in [-0.2, -0.15) is 9.97 Å². The molecule has 0 bridgehead atoms. The minimum Gasteiger partial charge on any atom is -0.456 e. The number of nitrogens with zero attached hydrogens (tertiary/aromatic N) is 5. The monoisotopic (exact) mass is 729 g/mol. The molecule has 0 unspecified atom stereocenters. The molecule has 6 heteroatoms. The van der Waals surface area contributed by atoms with E-state index in [0.29, 0.717) is 17.6 Å². The van der Waals surface area contributed by atoms with E-state index >= 15 is 0 Å². The first-order valence-electron chi connectivity index (χ1n) is 19.1. The van der Waals surface area contributed by atoms with Crippen LogP contribution >= 0.6 is 0 Å². The summed E-state index contributed by atoms with van der Waals surface area (Å²) in [6.45, 7) is 0. The van der Waals surface area contributed by atoms with Gasteiger partial charge in [0.25, 0.3) is 0 Å². The van der Waals surface area contributed by atoms with Crippen molar-refractivity contribution in [2.75, 3.05) is 0 Å². The predicted molar refractivity (Wildman–Crippen MR) is 232 cm³/mol. The van der Waals surface area contributed by atoms with Crippen molar-refractivity contribution in [2.24, 2.45) is 0 Å². The molecule has 0 aliphatic carbocycles. The molecular formula is C51H31N5O. The van der Waals surface area contributed by atoms with Gasteiger partial charge in [-0.25, -0.2) is 4.98 Å². The smallest absolute Gasteiger partial charge is 0.238 e. The van der Waals surface area contributed by atoms with E-state index in [9.17, 15) is 0 Å². The zero-order valence-electron chi connectivity index (χ0n) is 30.5. The van der Waals surface area contributed by atoms with E-state index < -0.39 is 0 Å². The van der Waals surface area contributed by atoms with Crippen molar-refractivity contribution >= 4 is 65.6 Å². The SMILES string of the molecule is c1ccc(-c2cccc(-n3c4ccccc4c4ccc5c(c6ccccc6n5-c5nc(-c6ccccc6)nc(-c6ccc7oc8ccccc8c7c6)n5)c43)c2)cc1. The topological polar surface area (TPSA) is 61.7 Å². The third kappa shape index (κ3) is 4.87. The van der Waals surface area contributed by atoms with Crippen LogP contribution in [0, 0.1) is 0 Å². The molecule has 0 radical (unpaired) electrons. The Labute approximate surface area is 326 Å². The molecule has 0 spiro atoms. The van der Waals surface area contributed by atoms with Gasteiger partial charge < -0.3 is 8.98 Å². The Morgan fingerprint density at radius 1 is 0.351 bits per heavy atom. The highest BCUT2D eigenvalue weighted by Crippen LogP contribution is 2.42. The van der Waals surface area contributed by atoms with Gasteiger partial charge in [-0.3, -0.25) is 4.57 Å². The molecule has 0 aliphatic rings. The summed E-state index contributed by atoms with van der Waals surface area (Å²) in [6.07, 6.45) is 0. The van der Waals surface area contributed by atoms with Crippen molar-refractivity contribution in [2.45, 2.75) is 0 Å². The van der Waals surface area contributed by atoms with Gasteiger partial charge in [0.1, 0.15) is 11.2 Å². The van der Waals surface area contributed by atoms with Crippen molar-refractivity contribution in [3.05, 3.63) is 188 Å². The lowest BCUT2D eigenvalue weighted by Crippen LogP contribution is -2.06. The van der Waals surface area contributed by atoms with E-state index in [1.165, 1.54) is 21.9 Å². The van der Waals surface area contributed by atoms with E-state index in [0.717, 1.165) is 71.6 Å². The minimum atomic E-state index is 0.551. The molecule has 6 nitrogen and oxygen atoms in total. The van der Waals surface area contributed by atoms with E-state index in [4.69, 9.17) is 19.4 Å². The summed E-state index contributed by atoms with van der Waals surface area (Å²) in [5.74, 6) is 1.74. The number of rotatable bonds is 5. The lowest BCUT2D eigenvalue weighted by molar-refractivity contribution is 0.669. The van der Waals surface area contributed by atoms with Crippen molar-refractivity contribution < 1.29 is 4.42 Å². The number of aromatic nitrogens is 5. The molecule has 4 heterocycles. The summed E-state index contributed by atoms with van der Waals surface area (Å²) in [6, 6.07) is 65.6. The second-order valence-electron chi connectivity index (χ2n) is 14.4. The zero-order valence-corrected chi connectivity index (χ0v) is 30.5.